The molecule has 220 valence electrons. The number of halogens is 3. The summed E-state index contributed by atoms with van der Waals surface area (Å²) in [7, 11) is 1.43. The van der Waals surface area contributed by atoms with Gasteiger partial charge in [0.25, 0.3) is 18.3 Å². The van der Waals surface area contributed by atoms with Gasteiger partial charge in [-0.1, -0.05) is 12.8 Å². The Labute approximate surface area is 233 Å². The van der Waals surface area contributed by atoms with Crippen molar-refractivity contribution < 1.29 is 37.4 Å². The molecule has 0 saturated heterocycles. The van der Waals surface area contributed by atoms with Crippen LogP contribution in [-0.4, -0.2) is 69.0 Å². The van der Waals surface area contributed by atoms with Crippen LogP contribution in [0, 0.1) is 12.3 Å². The smallest absolute Gasteiger partial charge is 0.435 e. The van der Waals surface area contributed by atoms with Crippen LogP contribution >= 0.6 is 0 Å². The summed E-state index contributed by atoms with van der Waals surface area (Å²) < 4.78 is 48.2. The number of alkyl halides is 3. The number of ether oxygens (including phenoxy) is 1. The highest BCUT2D eigenvalue weighted by molar-refractivity contribution is 6.03. The SMILES string of the molecule is C#CCn1cc(-c2cnc(C(=O)Nc3ccc(C(=O)NCCOCCN)c(CC)c3)n2C)c(C(F)(F)F)n1.O=CO. The molecular weight excluding hydrogens is 547 g/mol. The number of carbonyl (C=O) groups is 3. The zero-order valence-corrected chi connectivity index (χ0v) is 22.4. The summed E-state index contributed by atoms with van der Waals surface area (Å²) in [6.45, 7) is 2.92. The number of hydrogen-bond acceptors (Lipinski definition) is 7. The van der Waals surface area contributed by atoms with Crippen molar-refractivity contribution in [2.24, 2.45) is 12.8 Å². The first-order valence-corrected chi connectivity index (χ1v) is 12.2. The quantitative estimate of drug-likeness (QED) is 0.153. The van der Waals surface area contributed by atoms with Gasteiger partial charge < -0.3 is 30.8 Å². The van der Waals surface area contributed by atoms with Crippen LogP contribution in [0.4, 0.5) is 18.9 Å². The van der Waals surface area contributed by atoms with Gasteiger partial charge in [0.15, 0.2) is 11.5 Å². The fourth-order valence-electron chi connectivity index (χ4n) is 3.75. The first-order valence-electron chi connectivity index (χ1n) is 12.2. The number of nitrogens with zero attached hydrogens (tertiary/aromatic N) is 4. The molecule has 0 atom stereocenters. The number of imidazole rings is 1. The molecule has 3 rings (SSSR count). The van der Waals surface area contributed by atoms with E-state index in [1.807, 2.05) is 6.92 Å². The second-order valence-electron chi connectivity index (χ2n) is 8.26. The van der Waals surface area contributed by atoms with Crippen LogP contribution in [0.5, 0.6) is 0 Å². The van der Waals surface area contributed by atoms with E-state index in [0.29, 0.717) is 49.5 Å². The minimum atomic E-state index is -4.73. The molecule has 0 bridgehead atoms. The molecule has 1 aromatic carbocycles. The van der Waals surface area contributed by atoms with Crippen LogP contribution in [0.25, 0.3) is 11.3 Å². The van der Waals surface area contributed by atoms with Gasteiger partial charge in [-0.05, 0) is 30.2 Å². The molecule has 0 saturated carbocycles. The van der Waals surface area contributed by atoms with Crippen LogP contribution in [-0.2, 0) is 35.7 Å². The third-order valence-electron chi connectivity index (χ3n) is 5.53. The number of anilines is 1. The minimum Gasteiger partial charge on any atom is -0.483 e. The summed E-state index contributed by atoms with van der Waals surface area (Å²) in [5, 5.41) is 15.9. The Morgan fingerprint density at radius 2 is 1.98 bits per heavy atom. The van der Waals surface area contributed by atoms with Gasteiger partial charge in [-0.2, -0.15) is 18.3 Å². The second kappa shape index (κ2) is 15.2. The van der Waals surface area contributed by atoms with Crippen LogP contribution in [0.1, 0.15) is 39.2 Å². The van der Waals surface area contributed by atoms with Gasteiger partial charge in [0.2, 0.25) is 0 Å². The summed E-state index contributed by atoms with van der Waals surface area (Å²) in [4.78, 5) is 37.9. The van der Waals surface area contributed by atoms with E-state index in [0.717, 1.165) is 4.68 Å². The van der Waals surface area contributed by atoms with Crippen molar-refractivity contribution in [2.45, 2.75) is 26.1 Å². The number of benzene rings is 1. The van der Waals surface area contributed by atoms with E-state index >= 15 is 0 Å². The molecule has 41 heavy (non-hydrogen) atoms. The van der Waals surface area contributed by atoms with Gasteiger partial charge in [0.05, 0.1) is 30.7 Å². The standard InChI is InChI=1S/C25H28F3N7O3.CH2O2/c1-4-10-35-15-19(21(33-35)25(26,27)28)20-14-31-22(34(20)3)24(37)32-17-6-7-18(16(5-2)13-17)23(36)30-9-12-38-11-8-29;2-1-3/h1,6-7,13-15H,5,8-12,29H2,2-3H3,(H,30,36)(H,32,37);1H,(H,2,3). The number of carboxylic acid groups (broad SMARTS) is 1. The molecule has 0 spiro atoms. The summed E-state index contributed by atoms with van der Waals surface area (Å²) in [6, 6.07) is 4.81. The zero-order valence-electron chi connectivity index (χ0n) is 22.4. The maximum atomic E-state index is 13.6. The van der Waals surface area contributed by atoms with Crippen LogP contribution < -0.4 is 16.4 Å². The number of hydrogen-bond donors (Lipinski definition) is 4. The van der Waals surface area contributed by atoms with E-state index in [9.17, 15) is 22.8 Å². The Hall–Kier alpha value is -4.68. The largest absolute Gasteiger partial charge is 0.483 e. The van der Waals surface area contributed by atoms with Crippen molar-refractivity contribution >= 4 is 24.0 Å². The Kier molecular flexibility index (Phi) is 12.1. The Morgan fingerprint density at radius 3 is 2.59 bits per heavy atom. The first-order chi connectivity index (χ1) is 19.5. The normalized spacial score (nSPS) is 10.8. The van der Waals surface area contributed by atoms with Gasteiger partial charge in [0.1, 0.15) is 6.54 Å². The predicted molar refractivity (Wildman–Crippen MR) is 143 cm³/mol. The predicted octanol–water partition coefficient (Wildman–Crippen LogP) is 2.16. The molecule has 0 aliphatic heterocycles. The summed E-state index contributed by atoms with van der Waals surface area (Å²) in [6.07, 6.45) is 3.33. The van der Waals surface area contributed by atoms with Gasteiger partial charge in [0, 0.05) is 37.6 Å². The van der Waals surface area contributed by atoms with Crippen molar-refractivity contribution in [1.29, 1.82) is 0 Å². The van der Waals surface area contributed by atoms with Gasteiger partial charge in [-0.15, -0.1) is 6.42 Å². The van der Waals surface area contributed by atoms with Gasteiger partial charge in [-0.3, -0.25) is 19.1 Å². The van der Waals surface area contributed by atoms with E-state index < -0.39 is 17.8 Å². The molecule has 0 unspecified atom stereocenters. The van der Waals surface area contributed by atoms with Crippen molar-refractivity contribution in [3.05, 3.63) is 53.2 Å². The minimum absolute atomic E-state index is 0.0439. The molecule has 3 aromatic rings. The van der Waals surface area contributed by atoms with E-state index in [1.54, 1.807) is 18.2 Å². The van der Waals surface area contributed by atoms with Crippen molar-refractivity contribution in [3.63, 3.8) is 0 Å². The molecule has 15 heteroatoms. The average Bonchev–Trinajstić information content (AvgIpc) is 3.52. The number of rotatable bonds is 11. The molecule has 0 fully saturated rings. The number of aromatic nitrogens is 4. The maximum Gasteiger partial charge on any atom is 0.435 e. The molecule has 12 nitrogen and oxygen atoms in total. The molecule has 2 amide bonds. The fraction of sp³-hybridized carbons (Fsp3) is 0.346. The van der Waals surface area contributed by atoms with Crippen molar-refractivity contribution in [3.8, 4) is 23.6 Å². The maximum absolute atomic E-state index is 13.6. The van der Waals surface area contributed by atoms with E-state index in [4.69, 9.17) is 26.8 Å². The second-order valence-corrected chi connectivity index (χ2v) is 8.26. The number of amides is 2. The van der Waals surface area contributed by atoms with Gasteiger partial charge >= 0.3 is 6.18 Å². The lowest BCUT2D eigenvalue weighted by Crippen LogP contribution is -2.28. The molecule has 5 N–H and O–H groups in total. The lowest BCUT2D eigenvalue weighted by Gasteiger charge is -2.12. The number of aryl methyl sites for hydroxylation is 1. The number of nitrogens with two attached hydrogens (primary N) is 1. The Balaban J connectivity index is 0.00000187. The highest BCUT2D eigenvalue weighted by atomic mass is 19.4. The number of nitrogens with one attached hydrogen (secondary N) is 2. The molecular formula is C26H30F3N7O5. The number of terminal acetylenes is 1. The lowest BCUT2D eigenvalue weighted by molar-refractivity contribution is -0.141. The Bertz CT molecular complexity index is 1390. The van der Waals surface area contributed by atoms with Crippen molar-refractivity contribution in [1.82, 2.24) is 24.6 Å². The molecule has 0 aliphatic carbocycles. The van der Waals surface area contributed by atoms with Crippen LogP contribution in [0.3, 0.4) is 0 Å². The summed E-state index contributed by atoms with van der Waals surface area (Å²) in [5.74, 6) is 1.21. The van der Waals surface area contributed by atoms with E-state index in [-0.39, 0.29) is 36.0 Å². The summed E-state index contributed by atoms with van der Waals surface area (Å²) in [5.41, 5.74) is 5.56. The summed E-state index contributed by atoms with van der Waals surface area (Å²) >= 11 is 0. The lowest BCUT2D eigenvalue weighted by atomic mass is 10.0. The van der Waals surface area contributed by atoms with Gasteiger partial charge in [-0.25, -0.2) is 4.98 Å². The van der Waals surface area contributed by atoms with E-state index in [2.05, 4.69) is 26.6 Å². The average molecular weight is 578 g/mol. The molecule has 2 heterocycles. The Morgan fingerprint density at radius 1 is 1.27 bits per heavy atom. The van der Waals surface area contributed by atoms with E-state index in [1.165, 1.54) is 24.0 Å². The molecule has 0 radical (unpaired) electrons. The first kappa shape index (κ1) is 32.5. The number of carbonyl (C=O) groups excluding carboxylic acids is 2. The zero-order chi connectivity index (χ0) is 30.6. The van der Waals surface area contributed by atoms with Crippen molar-refractivity contribution in [2.75, 3.05) is 31.6 Å². The monoisotopic (exact) mass is 577 g/mol. The molecule has 0 aliphatic rings. The third-order valence-corrected chi connectivity index (χ3v) is 5.53. The highest BCUT2D eigenvalue weighted by Gasteiger charge is 2.38. The fourth-order valence-corrected chi connectivity index (χ4v) is 3.75. The van der Waals surface area contributed by atoms with Crippen LogP contribution in [0.15, 0.2) is 30.6 Å². The highest BCUT2D eigenvalue weighted by Crippen LogP contribution is 2.36. The topological polar surface area (TPSA) is 166 Å². The molecule has 2 aromatic heterocycles. The third kappa shape index (κ3) is 8.65. The van der Waals surface area contributed by atoms with Crippen LogP contribution in [0.2, 0.25) is 0 Å².